The predicted molar refractivity (Wildman–Crippen MR) is 109 cm³/mol. The molecule has 1 N–H and O–H groups in total. The maximum atomic E-state index is 12.9. The molecular formula is C18H15Cl2F2N5O3S. The third kappa shape index (κ3) is 5.00. The van der Waals surface area contributed by atoms with Gasteiger partial charge in [-0.2, -0.15) is 13.5 Å². The largest absolute Gasteiger partial charge is 0.342 e. The van der Waals surface area contributed by atoms with E-state index in [4.69, 9.17) is 23.2 Å². The fourth-order valence-corrected chi connectivity index (χ4v) is 3.88. The third-order valence-corrected chi connectivity index (χ3v) is 5.90. The summed E-state index contributed by atoms with van der Waals surface area (Å²) in [5.74, 6) is -3.22. The molecule has 0 fully saturated rings. The third-order valence-electron chi connectivity index (χ3n) is 4.10. The SMILES string of the molecule is Cc1nc([C@H](C)NC(=O)c2cc(Cl)cc(S(=O)(=O)C(F)F)c2)n(-c2ccc(Cl)cn2)n1. The number of alkyl halides is 2. The lowest BCUT2D eigenvalue weighted by Gasteiger charge is -2.15. The molecule has 1 amide bonds. The maximum absolute atomic E-state index is 12.9. The molecular weight excluding hydrogens is 475 g/mol. The van der Waals surface area contributed by atoms with Gasteiger partial charge in [-0.1, -0.05) is 23.2 Å². The van der Waals surface area contributed by atoms with Crippen molar-refractivity contribution in [3.8, 4) is 5.82 Å². The van der Waals surface area contributed by atoms with E-state index in [1.165, 1.54) is 16.9 Å². The molecule has 0 radical (unpaired) electrons. The van der Waals surface area contributed by atoms with Gasteiger partial charge < -0.3 is 5.32 Å². The Hall–Kier alpha value is -2.63. The van der Waals surface area contributed by atoms with Gasteiger partial charge in [0.2, 0.25) is 9.84 Å². The second-order valence-electron chi connectivity index (χ2n) is 6.44. The number of aryl methyl sites for hydroxylation is 1. The highest BCUT2D eigenvalue weighted by Crippen LogP contribution is 2.24. The summed E-state index contributed by atoms with van der Waals surface area (Å²) < 4.78 is 50.6. The minimum Gasteiger partial charge on any atom is -0.342 e. The van der Waals surface area contributed by atoms with E-state index in [1.807, 2.05) is 0 Å². The zero-order valence-electron chi connectivity index (χ0n) is 16.1. The van der Waals surface area contributed by atoms with Crippen molar-refractivity contribution in [1.82, 2.24) is 25.1 Å². The van der Waals surface area contributed by atoms with Crippen LogP contribution in [-0.4, -0.2) is 39.8 Å². The van der Waals surface area contributed by atoms with Crippen LogP contribution in [-0.2, 0) is 9.84 Å². The second kappa shape index (κ2) is 8.85. The number of benzene rings is 1. The number of carbonyl (C=O) groups is 1. The molecule has 0 spiro atoms. The van der Waals surface area contributed by atoms with Gasteiger partial charge in [0.05, 0.1) is 16.0 Å². The summed E-state index contributed by atoms with van der Waals surface area (Å²) in [5, 5.41) is 7.13. The van der Waals surface area contributed by atoms with Crippen LogP contribution in [0, 0.1) is 6.92 Å². The fourth-order valence-electron chi connectivity index (χ4n) is 2.68. The predicted octanol–water partition coefficient (Wildman–Crippen LogP) is 3.76. The Bertz CT molecular complexity index is 1230. The molecule has 0 aliphatic heterocycles. The highest BCUT2D eigenvalue weighted by atomic mass is 35.5. The topological polar surface area (TPSA) is 107 Å². The molecule has 3 rings (SSSR count). The summed E-state index contributed by atoms with van der Waals surface area (Å²) in [6, 6.07) is 5.39. The lowest BCUT2D eigenvalue weighted by molar-refractivity contribution is 0.0937. The Kier molecular flexibility index (Phi) is 6.58. The van der Waals surface area contributed by atoms with Gasteiger partial charge in [-0.25, -0.2) is 18.4 Å². The Morgan fingerprint density at radius 3 is 2.48 bits per heavy atom. The number of amides is 1. The molecule has 31 heavy (non-hydrogen) atoms. The van der Waals surface area contributed by atoms with Crippen LogP contribution < -0.4 is 5.32 Å². The van der Waals surface area contributed by atoms with Crippen molar-refractivity contribution < 1.29 is 22.0 Å². The Morgan fingerprint density at radius 1 is 1.16 bits per heavy atom. The first-order valence-corrected chi connectivity index (χ1v) is 11.0. The van der Waals surface area contributed by atoms with Crippen molar-refractivity contribution >= 4 is 38.9 Å². The smallest absolute Gasteiger partial charge is 0.341 e. The molecule has 164 valence electrons. The first kappa shape index (κ1) is 23.0. The zero-order chi connectivity index (χ0) is 22.9. The molecule has 0 saturated carbocycles. The number of pyridine rings is 1. The lowest BCUT2D eigenvalue weighted by atomic mass is 10.2. The zero-order valence-corrected chi connectivity index (χ0v) is 18.4. The van der Waals surface area contributed by atoms with E-state index >= 15 is 0 Å². The van der Waals surface area contributed by atoms with Crippen LogP contribution in [0.4, 0.5) is 8.78 Å². The van der Waals surface area contributed by atoms with Crippen LogP contribution in [0.3, 0.4) is 0 Å². The summed E-state index contributed by atoms with van der Waals surface area (Å²) in [5.41, 5.74) is -0.203. The minimum atomic E-state index is -4.92. The van der Waals surface area contributed by atoms with Gasteiger partial charge in [0.25, 0.3) is 5.91 Å². The molecule has 0 aliphatic carbocycles. The van der Waals surface area contributed by atoms with E-state index < -0.39 is 32.4 Å². The molecule has 2 heterocycles. The number of halogens is 4. The average molecular weight is 490 g/mol. The monoisotopic (exact) mass is 489 g/mol. The fraction of sp³-hybridized carbons (Fsp3) is 0.222. The molecule has 8 nitrogen and oxygen atoms in total. The maximum Gasteiger partial charge on any atom is 0.341 e. The number of carbonyl (C=O) groups excluding carboxylic acids is 1. The summed E-state index contributed by atoms with van der Waals surface area (Å²) in [6.45, 7) is 3.28. The second-order valence-corrected chi connectivity index (χ2v) is 9.23. The summed E-state index contributed by atoms with van der Waals surface area (Å²) in [6.07, 6.45) is 1.43. The quantitative estimate of drug-likeness (QED) is 0.564. The Morgan fingerprint density at radius 2 is 1.87 bits per heavy atom. The number of sulfone groups is 1. The van der Waals surface area contributed by atoms with Crippen molar-refractivity contribution in [3.05, 3.63) is 63.8 Å². The van der Waals surface area contributed by atoms with Gasteiger partial charge in [0, 0.05) is 16.8 Å². The van der Waals surface area contributed by atoms with Crippen LogP contribution in [0.5, 0.6) is 0 Å². The highest BCUT2D eigenvalue weighted by Gasteiger charge is 2.28. The van der Waals surface area contributed by atoms with Crippen LogP contribution in [0.1, 0.15) is 35.0 Å². The Balaban J connectivity index is 1.90. The molecule has 3 aromatic rings. The average Bonchev–Trinajstić information content (AvgIpc) is 3.09. The van der Waals surface area contributed by atoms with Gasteiger partial charge in [-0.3, -0.25) is 4.79 Å². The van der Waals surface area contributed by atoms with Crippen molar-refractivity contribution in [1.29, 1.82) is 0 Å². The summed E-state index contributed by atoms with van der Waals surface area (Å²) in [4.78, 5) is 20.4. The van der Waals surface area contributed by atoms with Crippen LogP contribution in [0.2, 0.25) is 10.0 Å². The molecule has 0 bridgehead atoms. The number of hydrogen-bond acceptors (Lipinski definition) is 6. The van der Waals surface area contributed by atoms with Gasteiger partial charge in [-0.05, 0) is 44.2 Å². The molecule has 0 unspecified atom stereocenters. The summed E-state index contributed by atoms with van der Waals surface area (Å²) >= 11 is 11.7. The first-order chi connectivity index (χ1) is 14.5. The highest BCUT2D eigenvalue weighted by molar-refractivity contribution is 7.91. The van der Waals surface area contributed by atoms with E-state index in [-0.39, 0.29) is 10.6 Å². The Labute approximate surface area is 186 Å². The number of hydrogen-bond donors (Lipinski definition) is 1. The first-order valence-electron chi connectivity index (χ1n) is 8.68. The van der Waals surface area contributed by atoms with Crippen molar-refractivity contribution in [3.63, 3.8) is 0 Å². The van der Waals surface area contributed by atoms with Gasteiger partial charge in [-0.15, -0.1) is 5.10 Å². The lowest BCUT2D eigenvalue weighted by Crippen LogP contribution is -2.29. The van der Waals surface area contributed by atoms with Gasteiger partial charge in [0.15, 0.2) is 11.6 Å². The molecule has 0 aliphatic rings. The minimum absolute atomic E-state index is 0.177. The molecule has 1 aromatic carbocycles. The van der Waals surface area contributed by atoms with Crippen molar-refractivity contribution in [2.45, 2.75) is 30.5 Å². The van der Waals surface area contributed by atoms with Crippen LogP contribution in [0.25, 0.3) is 5.82 Å². The number of nitrogens with one attached hydrogen (secondary N) is 1. The van der Waals surface area contributed by atoms with Crippen molar-refractivity contribution in [2.24, 2.45) is 0 Å². The van der Waals surface area contributed by atoms with Gasteiger partial charge in [0.1, 0.15) is 5.82 Å². The molecule has 2 aromatic heterocycles. The number of rotatable bonds is 6. The standard InChI is InChI=1S/C18H15Cl2F2N5O3S/c1-9(16-25-10(2)26-27(16)15-4-3-12(19)8-23-15)24-17(28)11-5-13(20)7-14(6-11)31(29,30)18(21)22/h3-9,18H,1-2H3,(H,24,28)/t9-/m0/s1. The molecule has 0 saturated heterocycles. The van der Waals surface area contributed by atoms with E-state index in [9.17, 15) is 22.0 Å². The molecule has 1 atom stereocenters. The van der Waals surface area contributed by atoms with E-state index in [1.54, 1.807) is 26.0 Å². The van der Waals surface area contributed by atoms with Crippen LogP contribution in [0.15, 0.2) is 41.4 Å². The van der Waals surface area contributed by atoms with Gasteiger partial charge >= 0.3 is 5.76 Å². The summed E-state index contributed by atoms with van der Waals surface area (Å²) in [7, 11) is -4.92. The van der Waals surface area contributed by atoms with E-state index in [2.05, 4.69) is 20.4 Å². The van der Waals surface area contributed by atoms with Crippen molar-refractivity contribution in [2.75, 3.05) is 0 Å². The molecule has 13 heteroatoms. The normalized spacial score (nSPS) is 12.7. The van der Waals surface area contributed by atoms with E-state index in [0.717, 1.165) is 12.1 Å². The van der Waals surface area contributed by atoms with Crippen LogP contribution >= 0.6 is 23.2 Å². The van der Waals surface area contributed by atoms with E-state index in [0.29, 0.717) is 22.5 Å². The number of aromatic nitrogens is 4. The number of nitrogens with zero attached hydrogens (tertiary/aromatic N) is 4.